The van der Waals surface area contributed by atoms with Crippen LogP contribution in [0.1, 0.15) is 40.4 Å². The average molecular weight is 460 g/mol. The van der Waals surface area contributed by atoms with Gasteiger partial charge in [-0.2, -0.15) is 4.31 Å². The van der Waals surface area contributed by atoms with Gasteiger partial charge in [-0.05, 0) is 51.8 Å². The fourth-order valence-corrected chi connectivity index (χ4v) is 6.88. The summed E-state index contributed by atoms with van der Waals surface area (Å²) in [4.78, 5) is 14.1. The van der Waals surface area contributed by atoms with Crippen LogP contribution in [0.25, 0.3) is 10.2 Å². The fourth-order valence-electron chi connectivity index (χ4n) is 4.21. The molecule has 0 amide bonds. The highest BCUT2D eigenvalue weighted by atomic mass is 32.2. The summed E-state index contributed by atoms with van der Waals surface area (Å²) in [5, 5.41) is 0.947. The number of aryl methyl sites for hydroxylation is 4. The number of hydrogen-bond acceptors (Lipinski definition) is 7. The van der Waals surface area contributed by atoms with Crippen molar-refractivity contribution in [2.45, 2.75) is 45.6 Å². The number of benzene rings is 1. The van der Waals surface area contributed by atoms with E-state index in [4.69, 9.17) is 10.7 Å². The minimum absolute atomic E-state index is 0.0413. The summed E-state index contributed by atoms with van der Waals surface area (Å²) < 4.78 is 27.9. The zero-order chi connectivity index (χ0) is 22.5. The quantitative estimate of drug-likeness (QED) is 0.641. The Morgan fingerprint density at radius 2 is 1.74 bits per heavy atom. The number of aromatic nitrogens is 2. The molecule has 3 aromatic rings. The Balaban J connectivity index is 1.51. The summed E-state index contributed by atoms with van der Waals surface area (Å²) in [5.74, 6) is 1.21. The van der Waals surface area contributed by atoms with Crippen molar-refractivity contribution < 1.29 is 8.42 Å². The molecular weight excluding hydrogens is 430 g/mol. The van der Waals surface area contributed by atoms with Crippen LogP contribution in [-0.4, -0.2) is 53.8 Å². The lowest BCUT2D eigenvalue weighted by Crippen LogP contribution is -2.49. The molecule has 1 aliphatic heterocycles. The van der Waals surface area contributed by atoms with Gasteiger partial charge in [0.2, 0.25) is 10.0 Å². The molecule has 4 rings (SSSR count). The van der Waals surface area contributed by atoms with Crippen molar-refractivity contribution in [3.63, 3.8) is 0 Å². The number of nitrogen functional groups attached to an aromatic ring is 1. The highest BCUT2D eigenvalue weighted by Gasteiger charge is 2.32. The molecule has 0 aliphatic carbocycles. The molecule has 1 atom stereocenters. The van der Waals surface area contributed by atoms with Crippen LogP contribution in [0, 0.1) is 27.7 Å². The molecular formula is C22H29N5O2S2. The normalized spacial score (nSPS) is 17.3. The van der Waals surface area contributed by atoms with Gasteiger partial charge in [0.25, 0.3) is 0 Å². The number of anilines is 1. The van der Waals surface area contributed by atoms with E-state index in [1.54, 1.807) is 21.7 Å². The number of nitrogens with two attached hydrogens (primary N) is 1. The monoisotopic (exact) mass is 459 g/mol. The van der Waals surface area contributed by atoms with Crippen molar-refractivity contribution in [1.29, 1.82) is 0 Å². The van der Waals surface area contributed by atoms with E-state index in [1.165, 1.54) is 4.88 Å². The SMILES string of the molecule is Cc1ccc(S(=O)(=O)N2CCN(C(C)c3nc(N)c4c(C)c(C)sc4n3)CC2)c(C)c1. The summed E-state index contributed by atoms with van der Waals surface area (Å²) in [6.07, 6.45) is 0. The van der Waals surface area contributed by atoms with Crippen LogP contribution in [0.3, 0.4) is 0 Å². The molecule has 2 N–H and O–H groups in total. The van der Waals surface area contributed by atoms with Gasteiger partial charge in [-0.15, -0.1) is 11.3 Å². The maximum atomic E-state index is 13.2. The predicted molar refractivity (Wildman–Crippen MR) is 126 cm³/mol. The zero-order valence-corrected chi connectivity index (χ0v) is 20.3. The van der Waals surface area contributed by atoms with Gasteiger partial charge in [0.05, 0.1) is 16.3 Å². The third-order valence-electron chi connectivity index (χ3n) is 6.22. The summed E-state index contributed by atoms with van der Waals surface area (Å²) in [6, 6.07) is 5.44. The molecule has 0 saturated carbocycles. The maximum Gasteiger partial charge on any atom is 0.243 e. The fraction of sp³-hybridized carbons (Fsp3) is 0.455. The van der Waals surface area contributed by atoms with E-state index >= 15 is 0 Å². The van der Waals surface area contributed by atoms with Gasteiger partial charge in [0.15, 0.2) is 0 Å². The predicted octanol–water partition coefficient (Wildman–Crippen LogP) is 3.57. The van der Waals surface area contributed by atoms with E-state index in [0.29, 0.717) is 42.7 Å². The summed E-state index contributed by atoms with van der Waals surface area (Å²) in [6.45, 7) is 12.1. The Labute approximate surface area is 188 Å². The van der Waals surface area contributed by atoms with Crippen molar-refractivity contribution in [1.82, 2.24) is 19.2 Å². The largest absolute Gasteiger partial charge is 0.383 e. The first kappa shape index (κ1) is 22.1. The number of sulfonamides is 1. The summed E-state index contributed by atoms with van der Waals surface area (Å²) in [5.41, 5.74) is 9.24. The second kappa shape index (κ2) is 8.12. The second-order valence-electron chi connectivity index (χ2n) is 8.32. The molecule has 1 unspecified atom stereocenters. The molecule has 3 heterocycles. The van der Waals surface area contributed by atoms with Crippen molar-refractivity contribution in [3.8, 4) is 0 Å². The molecule has 7 nitrogen and oxygen atoms in total. The first-order chi connectivity index (χ1) is 14.6. The lowest BCUT2D eigenvalue weighted by molar-refractivity contribution is 0.141. The first-order valence-corrected chi connectivity index (χ1v) is 12.7. The van der Waals surface area contributed by atoms with Crippen molar-refractivity contribution in [2.75, 3.05) is 31.9 Å². The second-order valence-corrected chi connectivity index (χ2v) is 11.4. The van der Waals surface area contributed by atoms with Crippen LogP contribution in [-0.2, 0) is 10.0 Å². The minimum atomic E-state index is -3.50. The van der Waals surface area contributed by atoms with Gasteiger partial charge < -0.3 is 5.73 Å². The first-order valence-electron chi connectivity index (χ1n) is 10.4. The Kier molecular flexibility index (Phi) is 5.80. The van der Waals surface area contributed by atoms with Crippen LogP contribution in [0.5, 0.6) is 0 Å². The lowest BCUT2D eigenvalue weighted by atomic mass is 10.2. The van der Waals surface area contributed by atoms with Gasteiger partial charge in [-0.25, -0.2) is 18.4 Å². The highest BCUT2D eigenvalue weighted by molar-refractivity contribution is 7.89. The maximum absolute atomic E-state index is 13.2. The molecule has 2 aromatic heterocycles. The minimum Gasteiger partial charge on any atom is -0.383 e. The summed E-state index contributed by atoms with van der Waals surface area (Å²) >= 11 is 1.64. The molecule has 1 aliphatic rings. The number of thiophene rings is 1. The molecule has 1 saturated heterocycles. The molecule has 1 aromatic carbocycles. The Hall–Kier alpha value is -2.07. The van der Waals surface area contributed by atoms with Crippen LogP contribution in [0.15, 0.2) is 23.1 Å². The molecule has 0 spiro atoms. The standard InChI is InChI=1S/C22H29N5O2S2/c1-13-6-7-18(14(2)12-13)31(28,29)27-10-8-26(9-11-27)16(4)21-24-20(23)19-15(3)17(5)30-22(19)25-21/h6-7,12,16H,8-11H2,1-5H3,(H2,23,24,25). The van der Waals surface area contributed by atoms with Crippen LogP contribution in [0.4, 0.5) is 5.82 Å². The van der Waals surface area contributed by atoms with Crippen molar-refractivity contribution in [3.05, 3.63) is 45.6 Å². The van der Waals surface area contributed by atoms with Crippen molar-refractivity contribution >= 4 is 37.4 Å². The smallest absolute Gasteiger partial charge is 0.243 e. The van der Waals surface area contributed by atoms with E-state index in [9.17, 15) is 8.42 Å². The van der Waals surface area contributed by atoms with Crippen molar-refractivity contribution in [2.24, 2.45) is 0 Å². The molecule has 0 bridgehead atoms. The molecule has 31 heavy (non-hydrogen) atoms. The van der Waals surface area contributed by atoms with E-state index < -0.39 is 10.0 Å². The van der Waals surface area contributed by atoms with Crippen LogP contribution >= 0.6 is 11.3 Å². The van der Waals surface area contributed by atoms with Gasteiger partial charge in [0, 0.05) is 31.1 Å². The highest BCUT2D eigenvalue weighted by Crippen LogP contribution is 2.33. The van der Waals surface area contributed by atoms with E-state index in [2.05, 4.69) is 23.7 Å². The number of hydrogen-bond donors (Lipinski definition) is 1. The average Bonchev–Trinajstić information content (AvgIpc) is 3.01. The molecule has 9 heteroatoms. The Morgan fingerprint density at radius 3 is 2.39 bits per heavy atom. The van der Waals surface area contributed by atoms with Gasteiger partial charge in [0.1, 0.15) is 16.5 Å². The topological polar surface area (TPSA) is 92.4 Å². The zero-order valence-electron chi connectivity index (χ0n) is 18.6. The number of rotatable bonds is 4. The number of piperazine rings is 1. The van der Waals surface area contributed by atoms with E-state index in [1.807, 2.05) is 32.9 Å². The third-order valence-corrected chi connectivity index (χ3v) is 9.38. The number of nitrogens with zero attached hydrogens (tertiary/aromatic N) is 4. The molecule has 1 fully saturated rings. The van der Waals surface area contributed by atoms with Crippen LogP contribution in [0.2, 0.25) is 0 Å². The Morgan fingerprint density at radius 1 is 1.06 bits per heavy atom. The molecule has 0 radical (unpaired) electrons. The number of fused-ring (bicyclic) bond motifs is 1. The lowest BCUT2D eigenvalue weighted by Gasteiger charge is -2.37. The Bertz CT molecular complexity index is 1240. The van der Waals surface area contributed by atoms with Gasteiger partial charge in [-0.3, -0.25) is 4.90 Å². The van der Waals surface area contributed by atoms with E-state index in [-0.39, 0.29) is 6.04 Å². The van der Waals surface area contributed by atoms with Gasteiger partial charge in [-0.1, -0.05) is 17.7 Å². The third kappa shape index (κ3) is 3.95. The molecule has 166 valence electrons. The van der Waals surface area contributed by atoms with Crippen LogP contribution < -0.4 is 5.73 Å². The van der Waals surface area contributed by atoms with E-state index in [0.717, 1.165) is 26.9 Å². The van der Waals surface area contributed by atoms with Gasteiger partial charge >= 0.3 is 0 Å². The summed E-state index contributed by atoms with van der Waals surface area (Å²) in [7, 11) is -3.50.